The number of carbonyl (C=O) groups excluding carboxylic acids is 2. The van der Waals surface area contributed by atoms with Crippen molar-refractivity contribution in [1.29, 1.82) is 0 Å². The third-order valence-corrected chi connectivity index (χ3v) is 5.86. The SMILES string of the molecule is O=C(c1c[nH]c(=S)n1-c1ccccc1)N1CCC(C(=O)N2CCCC2)CC1. The topological polar surface area (TPSA) is 61.3 Å². The van der Waals surface area contributed by atoms with Crippen LogP contribution in [0.5, 0.6) is 0 Å². The Labute approximate surface area is 163 Å². The molecule has 1 aromatic carbocycles. The van der Waals surface area contributed by atoms with Crippen LogP contribution in [0.2, 0.25) is 0 Å². The summed E-state index contributed by atoms with van der Waals surface area (Å²) in [7, 11) is 0. The van der Waals surface area contributed by atoms with Crippen molar-refractivity contribution < 1.29 is 9.59 Å². The third-order valence-electron chi connectivity index (χ3n) is 5.56. The molecule has 4 rings (SSSR count). The molecule has 0 atom stereocenters. The van der Waals surface area contributed by atoms with Gasteiger partial charge in [-0.25, -0.2) is 0 Å². The first-order valence-electron chi connectivity index (χ1n) is 9.59. The molecule has 2 saturated heterocycles. The van der Waals surface area contributed by atoms with Crippen LogP contribution >= 0.6 is 12.2 Å². The zero-order valence-corrected chi connectivity index (χ0v) is 16.1. The second-order valence-corrected chi connectivity index (χ2v) is 7.64. The molecular weight excluding hydrogens is 360 g/mol. The maximum atomic E-state index is 13.1. The summed E-state index contributed by atoms with van der Waals surface area (Å²) in [6, 6.07) is 9.65. The van der Waals surface area contributed by atoms with E-state index in [0.29, 0.717) is 23.6 Å². The Balaban J connectivity index is 1.46. The molecular formula is C20H24N4O2S. The summed E-state index contributed by atoms with van der Waals surface area (Å²) in [5.74, 6) is 0.279. The van der Waals surface area contributed by atoms with E-state index < -0.39 is 0 Å². The molecule has 0 saturated carbocycles. The van der Waals surface area contributed by atoms with Gasteiger partial charge in [0.1, 0.15) is 5.69 Å². The Hall–Kier alpha value is -2.41. The predicted octanol–water partition coefficient (Wildman–Crippen LogP) is 3.01. The monoisotopic (exact) mass is 384 g/mol. The zero-order chi connectivity index (χ0) is 18.8. The van der Waals surface area contributed by atoms with Gasteiger partial charge in [-0.05, 0) is 50.0 Å². The van der Waals surface area contributed by atoms with Crippen LogP contribution in [-0.2, 0) is 4.79 Å². The van der Waals surface area contributed by atoms with E-state index in [-0.39, 0.29) is 17.7 Å². The predicted molar refractivity (Wildman–Crippen MR) is 105 cm³/mol. The quantitative estimate of drug-likeness (QED) is 0.828. The van der Waals surface area contributed by atoms with Crippen molar-refractivity contribution in [2.75, 3.05) is 26.2 Å². The Kier molecular flexibility index (Phi) is 5.11. The number of nitrogens with zero attached hydrogens (tertiary/aromatic N) is 3. The number of carbonyl (C=O) groups is 2. The lowest BCUT2D eigenvalue weighted by molar-refractivity contribution is -0.135. The lowest BCUT2D eigenvalue weighted by Gasteiger charge is -2.33. The number of rotatable bonds is 3. The van der Waals surface area contributed by atoms with E-state index in [1.54, 1.807) is 10.8 Å². The van der Waals surface area contributed by atoms with Gasteiger partial charge in [-0.1, -0.05) is 18.2 Å². The van der Waals surface area contributed by atoms with Crippen LogP contribution in [0.25, 0.3) is 5.69 Å². The summed E-state index contributed by atoms with van der Waals surface area (Å²) in [4.78, 5) is 32.5. The van der Waals surface area contributed by atoms with Crippen LogP contribution < -0.4 is 0 Å². The van der Waals surface area contributed by atoms with Crippen LogP contribution in [0.4, 0.5) is 0 Å². The molecule has 0 bridgehead atoms. The number of H-pyrrole nitrogens is 1. The molecule has 27 heavy (non-hydrogen) atoms. The van der Waals surface area contributed by atoms with Gasteiger partial charge < -0.3 is 14.8 Å². The van der Waals surface area contributed by atoms with E-state index in [2.05, 4.69) is 4.98 Å². The molecule has 2 aliphatic heterocycles. The summed E-state index contributed by atoms with van der Waals surface area (Å²) in [5, 5.41) is 0. The number of hydrogen-bond acceptors (Lipinski definition) is 3. The number of aromatic nitrogens is 2. The second kappa shape index (κ2) is 7.68. The highest BCUT2D eigenvalue weighted by molar-refractivity contribution is 7.71. The van der Waals surface area contributed by atoms with Gasteiger partial charge in [0, 0.05) is 44.0 Å². The van der Waals surface area contributed by atoms with E-state index in [9.17, 15) is 9.59 Å². The van der Waals surface area contributed by atoms with E-state index in [1.165, 1.54) is 0 Å². The maximum Gasteiger partial charge on any atom is 0.272 e. The average Bonchev–Trinajstić information content (AvgIpc) is 3.37. The first-order valence-corrected chi connectivity index (χ1v) is 10.00. The Bertz CT molecular complexity index is 875. The lowest BCUT2D eigenvalue weighted by Crippen LogP contribution is -2.44. The molecule has 2 aromatic rings. The van der Waals surface area contributed by atoms with Gasteiger partial charge in [-0.2, -0.15) is 0 Å². The number of benzene rings is 1. The molecule has 1 aromatic heterocycles. The highest BCUT2D eigenvalue weighted by atomic mass is 32.1. The normalized spacial score (nSPS) is 18.1. The van der Waals surface area contributed by atoms with Crippen LogP contribution in [-0.4, -0.2) is 57.3 Å². The molecule has 2 aliphatic rings. The molecule has 0 radical (unpaired) electrons. The average molecular weight is 385 g/mol. The van der Waals surface area contributed by atoms with Gasteiger partial charge in [-0.15, -0.1) is 0 Å². The fourth-order valence-corrected chi connectivity index (χ4v) is 4.31. The van der Waals surface area contributed by atoms with Crippen molar-refractivity contribution in [3.8, 4) is 5.69 Å². The Morgan fingerprint density at radius 3 is 2.30 bits per heavy atom. The van der Waals surface area contributed by atoms with Gasteiger partial charge >= 0.3 is 0 Å². The zero-order valence-electron chi connectivity index (χ0n) is 15.3. The molecule has 3 heterocycles. The summed E-state index contributed by atoms with van der Waals surface area (Å²) in [6.45, 7) is 2.99. The van der Waals surface area contributed by atoms with Gasteiger partial charge in [0.2, 0.25) is 5.91 Å². The minimum Gasteiger partial charge on any atom is -0.342 e. The molecule has 0 unspecified atom stereocenters. The van der Waals surface area contributed by atoms with Crippen molar-refractivity contribution in [2.45, 2.75) is 25.7 Å². The Morgan fingerprint density at radius 2 is 1.63 bits per heavy atom. The maximum absolute atomic E-state index is 13.1. The van der Waals surface area contributed by atoms with Crippen LogP contribution in [0.3, 0.4) is 0 Å². The van der Waals surface area contributed by atoms with Gasteiger partial charge in [0.15, 0.2) is 4.77 Å². The molecule has 2 fully saturated rings. The molecule has 0 spiro atoms. The van der Waals surface area contributed by atoms with Gasteiger partial charge in [0.25, 0.3) is 5.91 Å². The van der Waals surface area contributed by atoms with E-state index in [1.807, 2.05) is 40.1 Å². The first kappa shape index (κ1) is 18.0. The number of likely N-dealkylation sites (tertiary alicyclic amines) is 2. The van der Waals surface area contributed by atoms with E-state index in [0.717, 1.165) is 44.5 Å². The summed E-state index contributed by atoms with van der Waals surface area (Å²) >= 11 is 5.38. The molecule has 142 valence electrons. The molecule has 7 heteroatoms. The molecule has 1 N–H and O–H groups in total. The number of aromatic amines is 1. The molecule has 2 amide bonds. The molecule has 6 nitrogen and oxygen atoms in total. The fraction of sp³-hybridized carbons (Fsp3) is 0.450. The van der Waals surface area contributed by atoms with Crippen LogP contribution in [0.1, 0.15) is 36.2 Å². The van der Waals surface area contributed by atoms with E-state index in [4.69, 9.17) is 12.2 Å². The highest BCUT2D eigenvalue weighted by Gasteiger charge is 2.32. The minimum atomic E-state index is -0.0433. The van der Waals surface area contributed by atoms with Crippen molar-refractivity contribution in [3.63, 3.8) is 0 Å². The smallest absolute Gasteiger partial charge is 0.272 e. The third kappa shape index (κ3) is 3.56. The minimum absolute atomic E-state index is 0.0433. The number of para-hydroxylation sites is 1. The summed E-state index contributed by atoms with van der Waals surface area (Å²) in [5.41, 5.74) is 1.40. The number of amides is 2. The van der Waals surface area contributed by atoms with Crippen molar-refractivity contribution >= 4 is 24.0 Å². The standard InChI is InChI=1S/C20H24N4O2S/c25-18(22-10-4-5-11-22)15-8-12-23(13-9-15)19(26)17-14-21-20(27)24(17)16-6-2-1-3-7-16/h1-3,6-7,14-15H,4-5,8-13H2,(H,21,27). The summed E-state index contributed by atoms with van der Waals surface area (Å²) in [6.07, 6.45) is 5.37. The van der Waals surface area contributed by atoms with Crippen LogP contribution in [0, 0.1) is 10.7 Å². The van der Waals surface area contributed by atoms with E-state index >= 15 is 0 Å². The highest BCUT2D eigenvalue weighted by Crippen LogP contribution is 2.24. The van der Waals surface area contributed by atoms with Crippen molar-refractivity contribution in [3.05, 3.63) is 47.0 Å². The Morgan fingerprint density at radius 1 is 0.963 bits per heavy atom. The number of nitrogens with one attached hydrogen (secondary N) is 1. The number of hydrogen-bond donors (Lipinski definition) is 1. The fourth-order valence-electron chi connectivity index (χ4n) is 4.05. The second-order valence-electron chi connectivity index (χ2n) is 7.25. The van der Waals surface area contributed by atoms with Gasteiger partial charge in [-0.3, -0.25) is 14.2 Å². The number of piperidine rings is 1. The number of imidazole rings is 1. The van der Waals surface area contributed by atoms with Crippen molar-refractivity contribution in [1.82, 2.24) is 19.4 Å². The lowest BCUT2D eigenvalue weighted by atomic mass is 9.95. The van der Waals surface area contributed by atoms with Crippen molar-refractivity contribution in [2.24, 2.45) is 5.92 Å². The summed E-state index contributed by atoms with van der Waals surface area (Å²) < 4.78 is 2.28. The van der Waals surface area contributed by atoms with Crippen LogP contribution in [0.15, 0.2) is 36.5 Å². The largest absolute Gasteiger partial charge is 0.342 e. The van der Waals surface area contributed by atoms with Gasteiger partial charge in [0.05, 0.1) is 0 Å². The first-order chi connectivity index (χ1) is 13.1. The molecule has 0 aliphatic carbocycles.